The van der Waals surface area contributed by atoms with E-state index < -0.39 is 0 Å². The summed E-state index contributed by atoms with van der Waals surface area (Å²) in [4.78, 5) is 20.1. The monoisotopic (exact) mass is 388 g/mol. The van der Waals surface area contributed by atoms with Crippen LogP contribution in [-0.2, 0) is 24.3 Å². The van der Waals surface area contributed by atoms with Crippen LogP contribution in [0.2, 0.25) is 0 Å². The lowest BCUT2D eigenvalue weighted by Crippen LogP contribution is -2.32. The molecule has 1 aliphatic heterocycles. The predicted molar refractivity (Wildman–Crippen MR) is 101 cm³/mol. The normalized spacial score (nSPS) is 15.9. The molecule has 1 fully saturated rings. The Hall–Kier alpha value is -2.33. The first kappa shape index (κ1) is 18.1. The fourth-order valence-electron chi connectivity index (χ4n) is 3.37. The van der Waals surface area contributed by atoms with Gasteiger partial charge in [0, 0.05) is 30.7 Å². The molecule has 1 aliphatic rings. The smallest absolute Gasteiger partial charge is 0.241 e. The van der Waals surface area contributed by atoms with E-state index in [4.69, 9.17) is 0 Å². The highest BCUT2D eigenvalue weighted by Crippen LogP contribution is 2.12. The van der Waals surface area contributed by atoms with Crippen molar-refractivity contribution in [3.63, 3.8) is 0 Å². The summed E-state index contributed by atoms with van der Waals surface area (Å²) in [6.45, 7) is 3.54. The van der Waals surface area contributed by atoms with Gasteiger partial charge in [-0.25, -0.2) is 9.67 Å². The minimum Gasteiger partial charge on any atom is -0.354 e. The number of rotatable bonds is 7. The Morgan fingerprint density at radius 1 is 1.22 bits per heavy atom. The maximum absolute atomic E-state index is 12.3. The molecule has 0 saturated carbocycles. The molecule has 4 rings (SSSR count). The molecule has 0 atom stereocenters. The molecule has 9 nitrogen and oxygen atoms in total. The van der Waals surface area contributed by atoms with Gasteiger partial charge in [0.25, 0.3) is 0 Å². The number of thiazole rings is 1. The van der Waals surface area contributed by atoms with Gasteiger partial charge >= 0.3 is 0 Å². The second-order valence-corrected chi connectivity index (χ2v) is 7.74. The molecule has 0 aromatic carbocycles. The van der Waals surface area contributed by atoms with Crippen molar-refractivity contribution < 1.29 is 4.79 Å². The molecule has 0 aliphatic carbocycles. The standard InChI is InChI=1S/C17H24N8OS/c26-16(18-6-5-14-11-24-9-10-27-17(24)19-14)13-25-15(20-21-22-25)12-23-7-3-1-2-4-8-23/h9-11H,1-8,12-13H2,(H,18,26). The summed E-state index contributed by atoms with van der Waals surface area (Å²) < 4.78 is 3.60. The van der Waals surface area contributed by atoms with Crippen molar-refractivity contribution in [1.82, 2.24) is 39.8 Å². The van der Waals surface area contributed by atoms with E-state index in [9.17, 15) is 4.79 Å². The highest BCUT2D eigenvalue weighted by molar-refractivity contribution is 7.15. The lowest BCUT2D eigenvalue weighted by atomic mass is 10.2. The summed E-state index contributed by atoms with van der Waals surface area (Å²) in [6.07, 6.45) is 9.70. The number of carbonyl (C=O) groups is 1. The van der Waals surface area contributed by atoms with Gasteiger partial charge in [-0.1, -0.05) is 12.8 Å². The molecule has 10 heteroatoms. The number of amides is 1. The second-order valence-electron chi connectivity index (χ2n) is 6.87. The number of tetrazole rings is 1. The molecule has 1 N–H and O–H groups in total. The van der Waals surface area contributed by atoms with E-state index in [1.54, 1.807) is 16.0 Å². The van der Waals surface area contributed by atoms with Crippen molar-refractivity contribution >= 4 is 22.2 Å². The quantitative estimate of drug-likeness (QED) is 0.652. The molecule has 0 radical (unpaired) electrons. The first-order valence-electron chi connectivity index (χ1n) is 9.43. The fourth-order valence-corrected chi connectivity index (χ4v) is 4.09. The Labute approximate surface area is 161 Å². The number of imidazole rings is 1. The van der Waals surface area contributed by atoms with Crippen LogP contribution < -0.4 is 5.32 Å². The minimum atomic E-state index is -0.0829. The fraction of sp³-hybridized carbons (Fsp3) is 0.588. The SMILES string of the molecule is O=C(Cn1nnnc1CN1CCCCCC1)NCCc1cn2ccsc2n1. The molecular weight excluding hydrogens is 364 g/mol. The third kappa shape index (κ3) is 4.69. The number of nitrogens with zero attached hydrogens (tertiary/aromatic N) is 7. The van der Waals surface area contributed by atoms with E-state index in [2.05, 4.69) is 30.7 Å². The first-order valence-corrected chi connectivity index (χ1v) is 10.3. The van der Waals surface area contributed by atoms with Gasteiger partial charge in [0.1, 0.15) is 6.54 Å². The summed E-state index contributed by atoms with van der Waals surface area (Å²) in [5.41, 5.74) is 0.978. The van der Waals surface area contributed by atoms with Gasteiger partial charge in [-0.15, -0.1) is 16.4 Å². The predicted octanol–water partition coefficient (Wildman–Crippen LogP) is 1.12. The summed E-state index contributed by atoms with van der Waals surface area (Å²) >= 11 is 1.60. The Kier molecular flexibility index (Phi) is 5.73. The molecule has 27 heavy (non-hydrogen) atoms. The Morgan fingerprint density at radius 2 is 2.07 bits per heavy atom. The van der Waals surface area contributed by atoms with Crippen LogP contribution in [-0.4, -0.2) is 60.0 Å². The first-order chi connectivity index (χ1) is 13.3. The van der Waals surface area contributed by atoms with Crippen molar-refractivity contribution in [1.29, 1.82) is 0 Å². The van der Waals surface area contributed by atoms with Crippen LogP contribution in [0.3, 0.4) is 0 Å². The lowest BCUT2D eigenvalue weighted by Gasteiger charge is -2.18. The number of nitrogens with one attached hydrogen (secondary N) is 1. The molecule has 1 amide bonds. The maximum atomic E-state index is 12.3. The van der Waals surface area contributed by atoms with Crippen LogP contribution in [0.4, 0.5) is 0 Å². The average Bonchev–Trinajstić information content (AvgIpc) is 3.29. The Morgan fingerprint density at radius 3 is 2.89 bits per heavy atom. The van der Waals surface area contributed by atoms with E-state index in [0.717, 1.165) is 29.6 Å². The molecule has 0 bridgehead atoms. The van der Waals surface area contributed by atoms with Crippen LogP contribution in [0, 0.1) is 0 Å². The molecule has 4 heterocycles. The van der Waals surface area contributed by atoms with E-state index >= 15 is 0 Å². The topological polar surface area (TPSA) is 93.2 Å². The van der Waals surface area contributed by atoms with Crippen LogP contribution in [0.25, 0.3) is 4.96 Å². The molecule has 3 aromatic rings. The minimum absolute atomic E-state index is 0.0829. The summed E-state index contributed by atoms with van der Waals surface area (Å²) in [6, 6.07) is 0. The number of hydrogen-bond donors (Lipinski definition) is 1. The van der Waals surface area contributed by atoms with Crippen molar-refractivity contribution in [2.24, 2.45) is 0 Å². The molecule has 1 saturated heterocycles. The highest BCUT2D eigenvalue weighted by Gasteiger charge is 2.15. The maximum Gasteiger partial charge on any atom is 0.241 e. The van der Waals surface area contributed by atoms with E-state index in [-0.39, 0.29) is 12.5 Å². The average molecular weight is 389 g/mol. The summed E-state index contributed by atoms with van der Waals surface area (Å²) in [5, 5.41) is 16.8. The van der Waals surface area contributed by atoms with Crippen LogP contribution in [0.1, 0.15) is 37.2 Å². The number of hydrogen-bond acceptors (Lipinski definition) is 7. The van der Waals surface area contributed by atoms with Gasteiger partial charge < -0.3 is 5.32 Å². The summed E-state index contributed by atoms with van der Waals surface area (Å²) in [7, 11) is 0. The van der Waals surface area contributed by atoms with E-state index in [0.29, 0.717) is 19.5 Å². The number of aromatic nitrogens is 6. The molecule has 3 aromatic heterocycles. The van der Waals surface area contributed by atoms with Crippen LogP contribution >= 0.6 is 11.3 Å². The van der Waals surface area contributed by atoms with Gasteiger partial charge in [-0.2, -0.15) is 0 Å². The molecule has 0 spiro atoms. The largest absolute Gasteiger partial charge is 0.354 e. The van der Waals surface area contributed by atoms with Gasteiger partial charge in [0.15, 0.2) is 10.8 Å². The van der Waals surface area contributed by atoms with Crippen molar-refractivity contribution in [3.05, 3.63) is 29.3 Å². The molecule has 0 unspecified atom stereocenters. The third-order valence-electron chi connectivity index (χ3n) is 4.81. The van der Waals surface area contributed by atoms with E-state index in [1.165, 1.54) is 25.7 Å². The van der Waals surface area contributed by atoms with Gasteiger partial charge in [-0.3, -0.25) is 14.1 Å². The van der Waals surface area contributed by atoms with Crippen molar-refractivity contribution in [2.45, 2.75) is 45.2 Å². The van der Waals surface area contributed by atoms with Gasteiger partial charge in [-0.05, 0) is 36.4 Å². The van der Waals surface area contributed by atoms with Crippen LogP contribution in [0.5, 0.6) is 0 Å². The number of likely N-dealkylation sites (tertiary alicyclic amines) is 1. The number of fused-ring (bicyclic) bond motifs is 1. The van der Waals surface area contributed by atoms with Gasteiger partial charge in [0.05, 0.1) is 12.2 Å². The lowest BCUT2D eigenvalue weighted by molar-refractivity contribution is -0.121. The number of carbonyl (C=O) groups excluding carboxylic acids is 1. The van der Waals surface area contributed by atoms with Crippen molar-refractivity contribution in [3.8, 4) is 0 Å². The zero-order chi connectivity index (χ0) is 18.5. The van der Waals surface area contributed by atoms with Gasteiger partial charge in [0.2, 0.25) is 5.91 Å². The van der Waals surface area contributed by atoms with E-state index in [1.807, 2.05) is 22.2 Å². The van der Waals surface area contributed by atoms with Crippen LogP contribution in [0.15, 0.2) is 17.8 Å². The Balaban J connectivity index is 1.25. The highest BCUT2D eigenvalue weighted by atomic mass is 32.1. The summed E-state index contributed by atoms with van der Waals surface area (Å²) in [5.74, 6) is 0.668. The second kappa shape index (κ2) is 8.57. The van der Waals surface area contributed by atoms with Crippen molar-refractivity contribution in [2.75, 3.05) is 19.6 Å². The molecular formula is C17H24N8OS. The third-order valence-corrected chi connectivity index (χ3v) is 5.58. The molecule has 144 valence electrons. The zero-order valence-corrected chi connectivity index (χ0v) is 16.1. The zero-order valence-electron chi connectivity index (χ0n) is 15.3. The Bertz CT molecular complexity index is 848.